The number of halogens is 1. The average molecular weight is 539 g/mol. The Bertz CT molecular complexity index is 1300. The van der Waals surface area contributed by atoms with Gasteiger partial charge < -0.3 is 19.9 Å². The van der Waals surface area contributed by atoms with Gasteiger partial charge in [-0.1, -0.05) is 23.7 Å². The van der Waals surface area contributed by atoms with E-state index in [0.29, 0.717) is 11.3 Å². The molecule has 2 heterocycles. The molecule has 2 aromatic rings. The number of benzene rings is 2. The molecule has 9 nitrogen and oxygen atoms in total. The first-order valence-corrected chi connectivity index (χ1v) is 12.9. The van der Waals surface area contributed by atoms with Crippen LogP contribution in [0.2, 0.25) is 0 Å². The van der Waals surface area contributed by atoms with Crippen molar-refractivity contribution in [2.24, 2.45) is 0 Å². The maximum atomic E-state index is 13.3. The minimum Gasteiger partial charge on any atom is -0.459 e. The van der Waals surface area contributed by atoms with Crippen LogP contribution in [0, 0.1) is 0 Å². The molecule has 3 amide bonds. The summed E-state index contributed by atoms with van der Waals surface area (Å²) in [6.07, 6.45) is 1.49. The highest BCUT2D eigenvalue weighted by Gasteiger charge is 2.39. The molecule has 0 unspecified atom stereocenters. The average Bonchev–Trinajstić information content (AvgIpc) is 3.11. The molecule has 2 aliphatic rings. The summed E-state index contributed by atoms with van der Waals surface area (Å²) in [5.74, 6) is -2.08. The number of hydrogen-bond acceptors (Lipinski definition) is 7. The molecule has 0 aromatic heterocycles. The van der Waals surface area contributed by atoms with Gasteiger partial charge in [0.25, 0.3) is 17.7 Å². The molecule has 2 aliphatic heterocycles. The smallest absolute Gasteiger partial charge is 0.338 e. The standard InChI is InChI=1S/C28H31ClN4O5/c1-17(2)38-28(37)19-8-6-10-22(16-19)33-26(35)23(29)24(27(33)36)30-20-9-5-7-18(15-20)25(34)32(4)21-11-13-31(3)14-12-21/h5-10,15-17,21,30H,11-14H2,1-4H3. The highest BCUT2D eigenvalue weighted by Crippen LogP contribution is 2.31. The molecular weight excluding hydrogens is 508 g/mol. The Labute approximate surface area is 227 Å². The van der Waals surface area contributed by atoms with Crippen LogP contribution in [0.25, 0.3) is 0 Å². The van der Waals surface area contributed by atoms with Crippen LogP contribution in [-0.2, 0) is 14.3 Å². The van der Waals surface area contributed by atoms with Crippen LogP contribution in [0.4, 0.5) is 11.4 Å². The van der Waals surface area contributed by atoms with E-state index in [-0.39, 0.29) is 40.0 Å². The molecule has 0 bridgehead atoms. The van der Waals surface area contributed by atoms with Crippen molar-refractivity contribution in [2.75, 3.05) is 37.4 Å². The predicted octanol–water partition coefficient (Wildman–Crippen LogP) is 3.85. The first-order chi connectivity index (χ1) is 18.1. The third-order valence-corrected chi connectivity index (χ3v) is 7.00. The lowest BCUT2D eigenvalue weighted by Gasteiger charge is -2.35. The van der Waals surface area contributed by atoms with Crippen LogP contribution in [0.3, 0.4) is 0 Å². The number of imide groups is 1. The molecule has 0 spiro atoms. The van der Waals surface area contributed by atoms with Gasteiger partial charge >= 0.3 is 5.97 Å². The Morgan fingerprint density at radius 1 is 1.03 bits per heavy atom. The minimum absolute atomic E-state index is 0.111. The summed E-state index contributed by atoms with van der Waals surface area (Å²) in [4.78, 5) is 56.6. The van der Waals surface area contributed by atoms with E-state index in [1.54, 1.807) is 62.2 Å². The van der Waals surface area contributed by atoms with E-state index in [1.807, 2.05) is 0 Å². The highest BCUT2D eigenvalue weighted by atomic mass is 35.5. The summed E-state index contributed by atoms with van der Waals surface area (Å²) in [6, 6.07) is 12.9. The zero-order valence-electron chi connectivity index (χ0n) is 21.9. The van der Waals surface area contributed by atoms with Gasteiger partial charge in [-0.05, 0) is 83.2 Å². The van der Waals surface area contributed by atoms with E-state index in [0.717, 1.165) is 30.8 Å². The minimum atomic E-state index is -0.720. The molecule has 1 N–H and O–H groups in total. The van der Waals surface area contributed by atoms with Gasteiger partial charge in [-0.15, -0.1) is 0 Å². The number of piperidine rings is 1. The van der Waals surface area contributed by atoms with Crippen molar-refractivity contribution in [3.05, 3.63) is 70.4 Å². The van der Waals surface area contributed by atoms with E-state index < -0.39 is 17.8 Å². The second-order valence-corrected chi connectivity index (χ2v) is 10.2. The van der Waals surface area contributed by atoms with Crippen molar-refractivity contribution in [3.63, 3.8) is 0 Å². The van der Waals surface area contributed by atoms with Crippen molar-refractivity contribution < 1.29 is 23.9 Å². The molecule has 0 aliphatic carbocycles. The number of ether oxygens (including phenoxy) is 1. The van der Waals surface area contributed by atoms with Crippen molar-refractivity contribution in [3.8, 4) is 0 Å². The number of amides is 3. The molecule has 4 rings (SSSR count). The Morgan fingerprint density at radius 2 is 1.68 bits per heavy atom. The fourth-order valence-corrected chi connectivity index (χ4v) is 4.74. The number of esters is 1. The summed E-state index contributed by atoms with van der Waals surface area (Å²) >= 11 is 6.29. The number of carbonyl (C=O) groups is 4. The van der Waals surface area contributed by atoms with E-state index in [1.165, 1.54) is 12.1 Å². The summed E-state index contributed by atoms with van der Waals surface area (Å²) in [5.41, 5.74) is 1.18. The van der Waals surface area contributed by atoms with Gasteiger partial charge in [0.1, 0.15) is 10.7 Å². The molecule has 200 valence electrons. The second-order valence-electron chi connectivity index (χ2n) is 9.80. The molecule has 0 atom stereocenters. The fourth-order valence-electron chi connectivity index (χ4n) is 4.53. The Morgan fingerprint density at radius 3 is 2.37 bits per heavy atom. The summed E-state index contributed by atoms with van der Waals surface area (Å²) < 4.78 is 5.21. The predicted molar refractivity (Wildman–Crippen MR) is 145 cm³/mol. The van der Waals surface area contributed by atoms with E-state index >= 15 is 0 Å². The number of rotatable bonds is 7. The number of likely N-dealkylation sites (tertiary alicyclic amines) is 1. The molecule has 10 heteroatoms. The van der Waals surface area contributed by atoms with Gasteiger partial charge in [0.15, 0.2) is 0 Å². The number of carbonyl (C=O) groups excluding carboxylic acids is 4. The van der Waals surface area contributed by atoms with Crippen LogP contribution in [0.5, 0.6) is 0 Å². The number of hydrogen-bond donors (Lipinski definition) is 1. The van der Waals surface area contributed by atoms with Gasteiger partial charge in [-0.25, -0.2) is 9.69 Å². The van der Waals surface area contributed by atoms with Crippen LogP contribution < -0.4 is 10.2 Å². The van der Waals surface area contributed by atoms with E-state index in [2.05, 4.69) is 17.3 Å². The third kappa shape index (κ3) is 5.74. The second kappa shape index (κ2) is 11.4. The molecule has 2 aromatic carbocycles. The number of anilines is 2. The lowest BCUT2D eigenvalue weighted by Crippen LogP contribution is -2.44. The van der Waals surface area contributed by atoms with Crippen molar-refractivity contribution in [2.45, 2.75) is 38.8 Å². The zero-order valence-corrected chi connectivity index (χ0v) is 22.6. The van der Waals surface area contributed by atoms with Crippen molar-refractivity contribution >= 4 is 46.7 Å². The molecule has 1 fully saturated rings. The van der Waals surface area contributed by atoms with Gasteiger partial charge in [0.05, 0.1) is 17.4 Å². The van der Waals surface area contributed by atoms with Gasteiger partial charge in [-0.3, -0.25) is 14.4 Å². The molecule has 1 saturated heterocycles. The SMILES string of the molecule is CC(C)OC(=O)c1cccc(N2C(=O)C(Cl)=C(Nc3cccc(C(=O)N(C)C4CCN(C)CC4)c3)C2=O)c1. The lowest BCUT2D eigenvalue weighted by molar-refractivity contribution is -0.120. The molecular formula is C28H31ClN4O5. The maximum absolute atomic E-state index is 13.3. The Balaban J connectivity index is 1.51. The largest absolute Gasteiger partial charge is 0.459 e. The van der Waals surface area contributed by atoms with Crippen LogP contribution >= 0.6 is 11.6 Å². The topological polar surface area (TPSA) is 99.3 Å². The van der Waals surface area contributed by atoms with E-state index in [9.17, 15) is 19.2 Å². The monoisotopic (exact) mass is 538 g/mol. The van der Waals surface area contributed by atoms with Gasteiger partial charge in [-0.2, -0.15) is 0 Å². The maximum Gasteiger partial charge on any atom is 0.338 e. The summed E-state index contributed by atoms with van der Waals surface area (Å²) in [7, 11) is 3.88. The lowest BCUT2D eigenvalue weighted by atomic mass is 10.0. The zero-order chi connectivity index (χ0) is 27.6. The first-order valence-electron chi connectivity index (χ1n) is 12.5. The van der Waals surface area contributed by atoms with Crippen LogP contribution in [0.15, 0.2) is 59.3 Å². The van der Waals surface area contributed by atoms with Gasteiger partial charge in [0.2, 0.25) is 0 Å². The number of nitrogens with zero attached hydrogens (tertiary/aromatic N) is 3. The number of nitrogens with one attached hydrogen (secondary N) is 1. The van der Waals surface area contributed by atoms with Crippen molar-refractivity contribution in [1.29, 1.82) is 0 Å². The molecule has 38 heavy (non-hydrogen) atoms. The van der Waals surface area contributed by atoms with Crippen molar-refractivity contribution in [1.82, 2.24) is 9.80 Å². The normalized spacial score (nSPS) is 16.8. The van der Waals surface area contributed by atoms with Crippen LogP contribution in [0.1, 0.15) is 47.4 Å². The van der Waals surface area contributed by atoms with Gasteiger partial charge in [0, 0.05) is 24.3 Å². The summed E-state index contributed by atoms with van der Waals surface area (Å²) in [5, 5.41) is 2.63. The Hall–Kier alpha value is -3.69. The quantitative estimate of drug-likeness (QED) is 0.422. The Kier molecular flexibility index (Phi) is 8.18. The molecule has 0 saturated carbocycles. The third-order valence-electron chi connectivity index (χ3n) is 6.65. The highest BCUT2D eigenvalue weighted by molar-refractivity contribution is 6.53. The summed E-state index contributed by atoms with van der Waals surface area (Å²) in [6.45, 7) is 5.33. The molecule has 0 radical (unpaired) electrons. The van der Waals surface area contributed by atoms with Crippen LogP contribution in [-0.4, -0.2) is 72.8 Å². The van der Waals surface area contributed by atoms with E-state index in [4.69, 9.17) is 16.3 Å². The first kappa shape index (κ1) is 27.3. The fraction of sp³-hybridized carbons (Fsp3) is 0.357.